The second kappa shape index (κ2) is 7.34. The molecule has 2 aromatic carbocycles. The first-order valence-electron chi connectivity index (χ1n) is 7.73. The second-order valence-corrected chi connectivity index (χ2v) is 6.52. The molecule has 0 spiro atoms. The number of thioether (sulfide) groups is 1. The molecule has 0 radical (unpaired) electrons. The Hall–Kier alpha value is -2.25. The number of anilines is 1. The number of rotatable bonds is 4. The summed E-state index contributed by atoms with van der Waals surface area (Å²) >= 11 is 1.57. The molecule has 0 aromatic heterocycles. The first kappa shape index (κ1) is 15.6. The standard InChI is InChI=1S/C19H18N2OS/c20-12-16-7-1-2-8-17(16)13-23-14-19(22)21-11-5-9-15-6-3-4-10-18(15)21/h1-4,6-8,10H,5,9,11,13-14H2. The topological polar surface area (TPSA) is 44.1 Å². The van der Waals surface area contributed by atoms with E-state index in [-0.39, 0.29) is 5.91 Å². The molecule has 116 valence electrons. The summed E-state index contributed by atoms with van der Waals surface area (Å²) in [5.41, 5.74) is 4.00. The van der Waals surface area contributed by atoms with E-state index < -0.39 is 0 Å². The molecular weight excluding hydrogens is 304 g/mol. The van der Waals surface area contributed by atoms with Crippen molar-refractivity contribution in [2.75, 3.05) is 17.2 Å². The lowest BCUT2D eigenvalue weighted by molar-refractivity contribution is -0.116. The summed E-state index contributed by atoms with van der Waals surface area (Å²) in [5.74, 6) is 1.27. The van der Waals surface area contributed by atoms with Crippen LogP contribution < -0.4 is 4.90 Å². The van der Waals surface area contributed by atoms with E-state index in [1.807, 2.05) is 47.4 Å². The van der Waals surface area contributed by atoms with Gasteiger partial charge in [0.05, 0.1) is 17.4 Å². The van der Waals surface area contributed by atoms with E-state index in [9.17, 15) is 4.79 Å². The monoisotopic (exact) mass is 322 g/mol. The van der Waals surface area contributed by atoms with Crippen LogP contribution in [-0.2, 0) is 17.0 Å². The molecule has 1 amide bonds. The highest BCUT2D eigenvalue weighted by Gasteiger charge is 2.21. The van der Waals surface area contributed by atoms with E-state index in [0.717, 1.165) is 30.6 Å². The van der Waals surface area contributed by atoms with Crippen LogP contribution in [-0.4, -0.2) is 18.2 Å². The van der Waals surface area contributed by atoms with Crippen molar-refractivity contribution in [3.63, 3.8) is 0 Å². The third kappa shape index (κ3) is 3.57. The molecule has 0 saturated carbocycles. The van der Waals surface area contributed by atoms with Crippen LogP contribution in [0.3, 0.4) is 0 Å². The van der Waals surface area contributed by atoms with Crippen molar-refractivity contribution >= 4 is 23.4 Å². The molecule has 0 unspecified atom stereocenters. The molecule has 0 aliphatic carbocycles. The molecule has 4 heteroatoms. The maximum absolute atomic E-state index is 12.5. The first-order valence-corrected chi connectivity index (χ1v) is 8.89. The zero-order valence-corrected chi connectivity index (χ0v) is 13.7. The Morgan fingerprint density at radius 1 is 1.17 bits per heavy atom. The average Bonchev–Trinajstić information content (AvgIpc) is 2.61. The maximum Gasteiger partial charge on any atom is 0.236 e. The van der Waals surface area contributed by atoms with Gasteiger partial charge in [0.1, 0.15) is 0 Å². The predicted octanol–water partition coefficient (Wildman–Crippen LogP) is 3.77. The lowest BCUT2D eigenvalue weighted by Gasteiger charge is -2.29. The highest BCUT2D eigenvalue weighted by molar-refractivity contribution is 7.99. The summed E-state index contributed by atoms with van der Waals surface area (Å²) < 4.78 is 0. The van der Waals surface area contributed by atoms with Crippen LogP contribution in [0.5, 0.6) is 0 Å². The molecule has 1 heterocycles. The fraction of sp³-hybridized carbons (Fsp3) is 0.263. The van der Waals surface area contributed by atoms with Crippen molar-refractivity contribution in [3.8, 4) is 6.07 Å². The third-order valence-electron chi connectivity index (χ3n) is 4.03. The average molecular weight is 322 g/mol. The Morgan fingerprint density at radius 3 is 2.83 bits per heavy atom. The molecule has 1 aliphatic rings. The van der Waals surface area contributed by atoms with Gasteiger partial charge in [-0.1, -0.05) is 36.4 Å². The number of carbonyl (C=O) groups is 1. The molecule has 23 heavy (non-hydrogen) atoms. The minimum Gasteiger partial charge on any atom is -0.311 e. The lowest BCUT2D eigenvalue weighted by atomic mass is 10.0. The molecule has 1 aliphatic heterocycles. The van der Waals surface area contributed by atoms with E-state index >= 15 is 0 Å². The van der Waals surface area contributed by atoms with Crippen molar-refractivity contribution in [1.82, 2.24) is 0 Å². The number of amides is 1. The molecule has 3 rings (SSSR count). The van der Waals surface area contributed by atoms with E-state index in [1.165, 1.54) is 5.56 Å². The number of aryl methyl sites for hydroxylation is 1. The van der Waals surface area contributed by atoms with Gasteiger partial charge in [-0.05, 0) is 36.1 Å². The van der Waals surface area contributed by atoms with Crippen molar-refractivity contribution in [1.29, 1.82) is 5.26 Å². The Morgan fingerprint density at radius 2 is 1.96 bits per heavy atom. The van der Waals surface area contributed by atoms with Gasteiger partial charge >= 0.3 is 0 Å². The maximum atomic E-state index is 12.5. The number of hydrogen-bond donors (Lipinski definition) is 0. The second-order valence-electron chi connectivity index (χ2n) is 5.54. The fourth-order valence-electron chi connectivity index (χ4n) is 2.87. The van der Waals surface area contributed by atoms with Crippen LogP contribution in [0.25, 0.3) is 0 Å². The van der Waals surface area contributed by atoms with Gasteiger partial charge in [-0.2, -0.15) is 5.26 Å². The van der Waals surface area contributed by atoms with E-state index in [2.05, 4.69) is 12.1 Å². The van der Waals surface area contributed by atoms with Crippen LogP contribution in [0.1, 0.15) is 23.1 Å². The molecule has 2 aromatic rings. The number of nitrogens with zero attached hydrogens (tertiary/aromatic N) is 2. The minimum absolute atomic E-state index is 0.150. The minimum atomic E-state index is 0.150. The zero-order chi connectivity index (χ0) is 16.1. The van der Waals surface area contributed by atoms with Gasteiger partial charge in [0.2, 0.25) is 5.91 Å². The number of carbonyl (C=O) groups excluding carboxylic acids is 1. The summed E-state index contributed by atoms with van der Waals surface area (Å²) in [6.45, 7) is 0.797. The van der Waals surface area contributed by atoms with E-state index in [0.29, 0.717) is 17.1 Å². The van der Waals surface area contributed by atoms with Crippen molar-refractivity contribution in [2.45, 2.75) is 18.6 Å². The summed E-state index contributed by atoms with van der Waals surface area (Å²) in [5, 5.41) is 9.11. The third-order valence-corrected chi connectivity index (χ3v) is 5.00. The summed E-state index contributed by atoms with van der Waals surface area (Å²) in [4.78, 5) is 14.5. The Labute approximate surface area is 140 Å². The summed E-state index contributed by atoms with van der Waals surface area (Å²) in [6.07, 6.45) is 2.06. The molecule has 3 nitrogen and oxygen atoms in total. The highest BCUT2D eigenvalue weighted by atomic mass is 32.2. The summed E-state index contributed by atoms with van der Waals surface area (Å²) in [6, 6.07) is 17.9. The Bertz CT molecular complexity index is 751. The van der Waals surface area contributed by atoms with Gasteiger partial charge in [0, 0.05) is 18.0 Å². The predicted molar refractivity (Wildman–Crippen MR) is 94.4 cm³/mol. The van der Waals surface area contributed by atoms with Gasteiger partial charge in [0.15, 0.2) is 0 Å². The SMILES string of the molecule is N#Cc1ccccc1CSCC(=O)N1CCCc2ccccc21. The van der Waals surface area contributed by atoms with Gasteiger partial charge in [0.25, 0.3) is 0 Å². The number of hydrogen-bond acceptors (Lipinski definition) is 3. The van der Waals surface area contributed by atoms with Crippen LogP contribution in [0.4, 0.5) is 5.69 Å². The molecule has 0 bridgehead atoms. The highest BCUT2D eigenvalue weighted by Crippen LogP contribution is 2.27. The number of para-hydroxylation sites is 1. The largest absolute Gasteiger partial charge is 0.311 e. The van der Waals surface area contributed by atoms with Gasteiger partial charge < -0.3 is 4.90 Å². The van der Waals surface area contributed by atoms with Crippen molar-refractivity contribution in [2.24, 2.45) is 0 Å². The quantitative estimate of drug-likeness (QED) is 0.860. The molecular formula is C19H18N2OS. The Balaban J connectivity index is 1.62. The van der Waals surface area contributed by atoms with Crippen LogP contribution >= 0.6 is 11.8 Å². The van der Waals surface area contributed by atoms with Gasteiger partial charge in [-0.3, -0.25) is 4.79 Å². The van der Waals surface area contributed by atoms with Gasteiger partial charge in [-0.15, -0.1) is 11.8 Å². The lowest BCUT2D eigenvalue weighted by Crippen LogP contribution is -2.36. The smallest absolute Gasteiger partial charge is 0.236 e. The first-order chi connectivity index (χ1) is 11.3. The fourth-order valence-corrected chi connectivity index (χ4v) is 3.78. The zero-order valence-electron chi connectivity index (χ0n) is 12.9. The summed E-state index contributed by atoms with van der Waals surface area (Å²) in [7, 11) is 0. The van der Waals surface area contributed by atoms with Crippen molar-refractivity contribution < 1.29 is 4.79 Å². The van der Waals surface area contributed by atoms with Crippen LogP contribution in [0, 0.1) is 11.3 Å². The Kier molecular flexibility index (Phi) is 4.99. The number of fused-ring (bicyclic) bond motifs is 1. The molecule has 0 fully saturated rings. The molecule has 0 N–H and O–H groups in total. The van der Waals surface area contributed by atoms with Crippen LogP contribution in [0.15, 0.2) is 48.5 Å². The van der Waals surface area contributed by atoms with E-state index in [4.69, 9.17) is 5.26 Å². The van der Waals surface area contributed by atoms with Crippen molar-refractivity contribution in [3.05, 3.63) is 65.2 Å². The normalized spacial score (nSPS) is 13.3. The molecule has 0 saturated heterocycles. The number of nitriles is 1. The van der Waals surface area contributed by atoms with E-state index in [1.54, 1.807) is 11.8 Å². The molecule has 0 atom stereocenters. The van der Waals surface area contributed by atoms with Crippen LogP contribution in [0.2, 0.25) is 0 Å². The number of benzene rings is 2. The van der Waals surface area contributed by atoms with Gasteiger partial charge in [-0.25, -0.2) is 0 Å².